The summed E-state index contributed by atoms with van der Waals surface area (Å²) >= 11 is 6.00. The number of nitrogens with zero attached hydrogens (tertiary/aromatic N) is 2. The Hall–Kier alpha value is -1.58. The van der Waals surface area contributed by atoms with Gasteiger partial charge in [-0.15, -0.1) is 0 Å². The van der Waals surface area contributed by atoms with Gasteiger partial charge in [-0.25, -0.2) is 0 Å². The molecule has 0 atom stereocenters. The van der Waals surface area contributed by atoms with Crippen LogP contribution in [0.3, 0.4) is 0 Å². The molecule has 1 aromatic heterocycles. The summed E-state index contributed by atoms with van der Waals surface area (Å²) in [6.45, 7) is 4.67. The van der Waals surface area contributed by atoms with Crippen LogP contribution in [0.4, 0.5) is 5.69 Å². The number of hydrogen-bond donors (Lipinski definition) is 1. The van der Waals surface area contributed by atoms with E-state index in [0.29, 0.717) is 0 Å². The van der Waals surface area contributed by atoms with Gasteiger partial charge in [0.25, 0.3) is 0 Å². The highest BCUT2D eigenvalue weighted by molar-refractivity contribution is 6.30. The summed E-state index contributed by atoms with van der Waals surface area (Å²) in [4.78, 5) is 6.64. The molecule has 2 aromatic rings. The Labute approximate surface area is 125 Å². The maximum Gasteiger partial charge on any atom is 0.0564 e. The third kappa shape index (κ3) is 4.51. The van der Waals surface area contributed by atoms with Crippen molar-refractivity contribution in [3.05, 3.63) is 58.9 Å². The molecule has 0 amide bonds. The van der Waals surface area contributed by atoms with E-state index in [9.17, 15) is 0 Å². The fourth-order valence-corrected chi connectivity index (χ4v) is 2.37. The van der Waals surface area contributed by atoms with Gasteiger partial charge in [0.05, 0.1) is 5.69 Å². The number of rotatable bonds is 6. The molecule has 0 aliphatic carbocycles. The molecule has 20 heavy (non-hydrogen) atoms. The van der Waals surface area contributed by atoms with Crippen LogP contribution in [-0.2, 0) is 13.1 Å². The molecule has 0 radical (unpaired) electrons. The van der Waals surface area contributed by atoms with Crippen molar-refractivity contribution >= 4 is 17.3 Å². The Morgan fingerprint density at radius 1 is 1.20 bits per heavy atom. The van der Waals surface area contributed by atoms with Gasteiger partial charge in [0.2, 0.25) is 0 Å². The van der Waals surface area contributed by atoms with Crippen LogP contribution in [0.5, 0.6) is 0 Å². The van der Waals surface area contributed by atoms with Gasteiger partial charge in [-0.2, -0.15) is 0 Å². The number of hydrogen-bond acceptors (Lipinski definition) is 3. The van der Waals surface area contributed by atoms with Gasteiger partial charge in [0, 0.05) is 36.5 Å². The lowest BCUT2D eigenvalue weighted by Crippen LogP contribution is -2.18. The fourth-order valence-electron chi connectivity index (χ4n) is 2.16. The topological polar surface area (TPSA) is 28.2 Å². The maximum atomic E-state index is 6.00. The van der Waals surface area contributed by atoms with Crippen LogP contribution >= 0.6 is 11.6 Å². The third-order valence-electron chi connectivity index (χ3n) is 2.97. The predicted octanol–water partition coefficient (Wildman–Crippen LogP) is 3.80. The van der Waals surface area contributed by atoms with Crippen molar-refractivity contribution in [3.8, 4) is 0 Å². The fraction of sp³-hybridized carbons (Fsp3) is 0.312. The maximum absolute atomic E-state index is 6.00. The molecule has 1 heterocycles. The number of benzene rings is 1. The van der Waals surface area contributed by atoms with E-state index in [1.54, 1.807) is 0 Å². The molecule has 0 spiro atoms. The van der Waals surface area contributed by atoms with E-state index in [4.69, 9.17) is 11.6 Å². The molecule has 0 saturated carbocycles. The Kier molecular flexibility index (Phi) is 5.39. The van der Waals surface area contributed by atoms with Crippen molar-refractivity contribution < 1.29 is 0 Å². The smallest absolute Gasteiger partial charge is 0.0564 e. The van der Waals surface area contributed by atoms with Crippen molar-refractivity contribution in [2.45, 2.75) is 20.0 Å². The van der Waals surface area contributed by atoms with Gasteiger partial charge in [0.1, 0.15) is 0 Å². The van der Waals surface area contributed by atoms with E-state index in [2.05, 4.69) is 41.3 Å². The van der Waals surface area contributed by atoms with E-state index in [1.807, 2.05) is 30.5 Å². The Morgan fingerprint density at radius 2 is 2.05 bits per heavy atom. The first-order valence-corrected chi connectivity index (χ1v) is 7.17. The number of pyridine rings is 1. The largest absolute Gasteiger partial charge is 0.385 e. The highest BCUT2D eigenvalue weighted by Crippen LogP contribution is 2.14. The highest BCUT2D eigenvalue weighted by atomic mass is 35.5. The van der Waals surface area contributed by atoms with Crippen molar-refractivity contribution in [3.63, 3.8) is 0 Å². The summed E-state index contributed by atoms with van der Waals surface area (Å²) in [5.41, 5.74) is 3.39. The van der Waals surface area contributed by atoms with Crippen LogP contribution in [-0.4, -0.2) is 23.5 Å². The quantitative estimate of drug-likeness (QED) is 0.877. The van der Waals surface area contributed by atoms with E-state index >= 15 is 0 Å². The summed E-state index contributed by atoms with van der Waals surface area (Å²) in [6.07, 6.45) is 1.85. The summed E-state index contributed by atoms with van der Waals surface area (Å²) in [5.74, 6) is 0. The van der Waals surface area contributed by atoms with Gasteiger partial charge in [0.15, 0.2) is 0 Å². The first-order valence-electron chi connectivity index (χ1n) is 6.79. The minimum Gasteiger partial charge on any atom is -0.385 e. The van der Waals surface area contributed by atoms with Crippen molar-refractivity contribution in [1.82, 2.24) is 9.88 Å². The first kappa shape index (κ1) is 14.8. The number of halogens is 1. The molecule has 0 saturated heterocycles. The Balaban J connectivity index is 1.97. The normalized spacial score (nSPS) is 10.8. The van der Waals surface area contributed by atoms with Crippen LogP contribution in [0.15, 0.2) is 42.6 Å². The zero-order chi connectivity index (χ0) is 14.4. The van der Waals surface area contributed by atoms with Crippen molar-refractivity contribution in [2.75, 3.05) is 18.9 Å². The van der Waals surface area contributed by atoms with Crippen molar-refractivity contribution in [2.24, 2.45) is 0 Å². The molecule has 0 fully saturated rings. The van der Waals surface area contributed by atoms with Gasteiger partial charge in [-0.05, 0) is 43.8 Å². The molecule has 2 rings (SSSR count). The highest BCUT2D eigenvalue weighted by Gasteiger charge is 2.04. The van der Waals surface area contributed by atoms with Crippen LogP contribution in [0, 0.1) is 0 Å². The molecular formula is C16H20ClN3. The van der Waals surface area contributed by atoms with Crippen LogP contribution in [0.2, 0.25) is 5.02 Å². The summed E-state index contributed by atoms with van der Waals surface area (Å²) < 4.78 is 0. The van der Waals surface area contributed by atoms with Gasteiger partial charge in [-0.3, -0.25) is 9.88 Å². The minimum absolute atomic E-state index is 0.781. The van der Waals surface area contributed by atoms with Gasteiger partial charge >= 0.3 is 0 Å². The second kappa shape index (κ2) is 7.27. The number of anilines is 1. The first-order chi connectivity index (χ1) is 9.67. The van der Waals surface area contributed by atoms with E-state index in [1.165, 1.54) is 5.56 Å². The number of nitrogens with one attached hydrogen (secondary N) is 1. The third-order valence-corrected chi connectivity index (χ3v) is 3.21. The summed E-state index contributed by atoms with van der Waals surface area (Å²) in [7, 11) is 2.09. The molecule has 1 N–H and O–H groups in total. The monoisotopic (exact) mass is 289 g/mol. The molecule has 1 aromatic carbocycles. The van der Waals surface area contributed by atoms with Gasteiger partial charge < -0.3 is 5.32 Å². The molecule has 4 heteroatoms. The molecule has 0 aliphatic heterocycles. The molecule has 106 valence electrons. The predicted molar refractivity (Wildman–Crippen MR) is 85.0 cm³/mol. The lowest BCUT2D eigenvalue weighted by molar-refractivity contribution is 0.315. The average Bonchev–Trinajstić information content (AvgIpc) is 2.39. The Bertz CT molecular complexity index is 557. The summed E-state index contributed by atoms with van der Waals surface area (Å²) in [5, 5.41) is 4.08. The minimum atomic E-state index is 0.781. The van der Waals surface area contributed by atoms with Crippen LogP contribution in [0.1, 0.15) is 18.2 Å². The average molecular weight is 290 g/mol. The lowest BCUT2D eigenvalue weighted by Gasteiger charge is -2.17. The van der Waals surface area contributed by atoms with Crippen LogP contribution in [0.25, 0.3) is 0 Å². The lowest BCUT2D eigenvalue weighted by atomic mass is 10.2. The molecular weight excluding hydrogens is 270 g/mol. The molecule has 0 aliphatic rings. The van der Waals surface area contributed by atoms with E-state index in [0.717, 1.165) is 36.0 Å². The molecule has 0 bridgehead atoms. The number of aromatic nitrogens is 1. The van der Waals surface area contributed by atoms with Crippen LogP contribution < -0.4 is 5.32 Å². The second-order valence-electron chi connectivity index (χ2n) is 4.87. The van der Waals surface area contributed by atoms with E-state index in [-0.39, 0.29) is 0 Å². The van der Waals surface area contributed by atoms with E-state index < -0.39 is 0 Å². The SMILES string of the molecule is CCNc1ccnc(CN(C)Cc2cccc(Cl)c2)c1. The standard InChI is InChI=1S/C16H20ClN3/c1-3-18-15-7-8-19-16(10-15)12-20(2)11-13-5-4-6-14(17)9-13/h4-10H,3,11-12H2,1-2H3,(H,18,19). The second-order valence-corrected chi connectivity index (χ2v) is 5.30. The van der Waals surface area contributed by atoms with Gasteiger partial charge in [-0.1, -0.05) is 23.7 Å². The molecule has 0 unspecified atom stereocenters. The zero-order valence-electron chi connectivity index (χ0n) is 11.9. The van der Waals surface area contributed by atoms with Crippen molar-refractivity contribution in [1.29, 1.82) is 0 Å². The Morgan fingerprint density at radius 3 is 2.80 bits per heavy atom. The molecule has 3 nitrogen and oxygen atoms in total. The summed E-state index contributed by atoms with van der Waals surface area (Å²) in [6, 6.07) is 12.1. The zero-order valence-corrected chi connectivity index (χ0v) is 12.7.